The molecule has 1 nitrogen and oxygen atoms in total. The van der Waals surface area contributed by atoms with E-state index < -0.39 is 18.2 Å². The van der Waals surface area contributed by atoms with Crippen molar-refractivity contribution < 1.29 is 17.9 Å². The summed E-state index contributed by atoms with van der Waals surface area (Å²) in [4.78, 5) is 0. The van der Waals surface area contributed by atoms with Gasteiger partial charge in [-0.05, 0) is 18.6 Å². The monoisotopic (exact) mass is 202 g/mol. The lowest BCUT2D eigenvalue weighted by atomic mass is 10.3. The van der Waals surface area contributed by atoms with Crippen molar-refractivity contribution in [3.05, 3.63) is 30.3 Å². The first-order chi connectivity index (χ1) is 6.57. The van der Waals surface area contributed by atoms with E-state index in [0.29, 0.717) is 5.75 Å². The molecule has 0 radical (unpaired) electrons. The fourth-order valence-corrected chi connectivity index (χ4v) is 1.32. The topological polar surface area (TPSA) is 9.23 Å². The Labute approximate surface area is 79.5 Å². The van der Waals surface area contributed by atoms with Crippen molar-refractivity contribution in [3.8, 4) is 5.75 Å². The summed E-state index contributed by atoms with van der Waals surface area (Å²) in [6.07, 6.45) is -4.71. The average Bonchev–Trinajstić information content (AvgIpc) is 2.85. The minimum absolute atomic E-state index is 0.0817. The van der Waals surface area contributed by atoms with Crippen molar-refractivity contribution in [1.29, 1.82) is 0 Å². The van der Waals surface area contributed by atoms with Crippen LogP contribution in [-0.2, 0) is 0 Å². The number of hydrogen-bond acceptors (Lipinski definition) is 1. The van der Waals surface area contributed by atoms with E-state index in [2.05, 4.69) is 0 Å². The van der Waals surface area contributed by atoms with Gasteiger partial charge < -0.3 is 4.74 Å². The van der Waals surface area contributed by atoms with Gasteiger partial charge >= 0.3 is 6.18 Å². The molecule has 1 aliphatic rings. The molecular weight excluding hydrogens is 193 g/mol. The van der Waals surface area contributed by atoms with Gasteiger partial charge in [0.2, 0.25) is 0 Å². The molecule has 1 aliphatic carbocycles. The molecule has 0 heterocycles. The van der Waals surface area contributed by atoms with Gasteiger partial charge in [-0.15, -0.1) is 0 Å². The number of ether oxygens (including phenoxy) is 1. The van der Waals surface area contributed by atoms with Crippen molar-refractivity contribution in [2.45, 2.75) is 18.7 Å². The second-order valence-electron chi connectivity index (χ2n) is 3.35. The highest BCUT2D eigenvalue weighted by Crippen LogP contribution is 2.46. The molecule has 2 atom stereocenters. The van der Waals surface area contributed by atoms with Crippen molar-refractivity contribution in [1.82, 2.24) is 0 Å². The van der Waals surface area contributed by atoms with E-state index >= 15 is 0 Å². The van der Waals surface area contributed by atoms with Gasteiger partial charge in [0.05, 0.1) is 5.92 Å². The predicted molar refractivity (Wildman–Crippen MR) is 45.0 cm³/mol. The van der Waals surface area contributed by atoms with Crippen molar-refractivity contribution in [2.24, 2.45) is 5.92 Å². The second-order valence-corrected chi connectivity index (χ2v) is 3.35. The molecule has 4 heteroatoms. The lowest BCUT2D eigenvalue weighted by Crippen LogP contribution is -2.15. The van der Waals surface area contributed by atoms with Crippen molar-refractivity contribution >= 4 is 0 Å². The Morgan fingerprint density at radius 3 is 2.29 bits per heavy atom. The van der Waals surface area contributed by atoms with Crippen LogP contribution >= 0.6 is 0 Å². The summed E-state index contributed by atoms with van der Waals surface area (Å²) in [5, 5.41) is 0. The van der Waals surface area contributed by atoms with Crippen LogP contribution in [0.1, 0.15) is 6.42 Å². The van der Waals surface area contributed by atoms with Crippen LogP contribution in [0.25, 0.3) is 0 Å². The Morgan fingerprint density at radius 1 is 1.14 bits per heavy atom. The zero-order chi connectivity index (χ0) is 10.2. The highest BCUT2D eigenvalue weighted by atomic mass is 19.4. The van der Waals surface area contributed by atoms with Gasteiger partial charge in [0.15, 0.2) is 0 Å². The van der Waals surface area contributed by atoms with Gasteiger partial charge in [-0.1, -0.05) is 18.2 Å². The van der Waals surface area contributed by atoms with Crippen LogP contribution in [0.5, 0.6) is 5.75 Å². The molecule has 1 fully saturated rings. The lowest BCUT2D eigenvalue weighted by Gasteiger charge is -2.07. The SMILES string of the molecule is FC(F)(F)[C@@H]1C[C@H]1Oc1ccccc1. The molecule has 14 heavy (non-hydrogen) atoms. The highest BCUT2D eigenvalue weighted by molar-refractivity contribution is 5.22. The van der Waals surface area contributed by atoms with Crippen molar-refractivity contribution in [2.75, 3.05) is 0 Å². The quantitative estimate of drug-likeness (QED) is 0.716. The van der Waals surface area contributed by atoms with Crippen LogP contribution in [0.15, 0.2) is 30.3 Å². The fraction of sp³-hybridized carbons (Fsp3) is 0.400. The molecule has 0 unspecified atom stereocenters. The van der Waals surface area contributed by atoms with Crippen LogP contribution in [0, 0.1) is 5.92 Å². The summed E-state index contributed by atoms with van der Waals surface area (Å²) in [6.45, 7) is 0. The fourth-order valence-electron chi connectivity index (χ4n) is 1.32. The molecule has 1 aromatic rings. The van der Waals surface area contributed by atoms with E-state index in [1.54, 1.807) is 30.3 Å². The first-order valence-electron chi connectivity index (χ1n) is 4.36. The molecule has 0 aromatic heterocycles. The van der Waals surface area contributed by atoms with E-state index in [-0.39, 0.29) is 6.42 Å². The first kappa shape index (κ1) is 9.37. The number of alkyl halides is 3. The molecule has 1 aromatic carbocycles. The maximum absolute atomic E-state index is 12.1. The van der Waals surface area contributed by atoms with Gasteiger partial charge in [-0.3, -0.25) is 0 Å². The van der Waals surface area contributed by atoms with E-state index in [1.165, 1.54) is 0 Å². The summed E-state index contributed by atoms with van der Waals surface area (Å²) in [7, 11) is 0. The zero-order valence-corrected chi connectivity index (χ0v) is 7.29. The van der Waals surface area contributed by atoms with E-state index in [0.717, 1.165) is 0 Å². The van der Waals surface area contributed by atoms with Crippen LogP contribution < -0.4 is 4.74 Å². The minimum Gasteiger partial charge on any atom is -0.490 e. The zero-order valence-electron chi connectivity index (χ0n) is 7.29. The normalized spacial score (nSPS) is 25.9. The molecule has 0 amide bonds. The predicted octanol–water partition coefficient (Wildman–Crippen LogP) is 3.02. The Hall–Kier alpha value is -1.19. The molecule has 0 N–H and O–H groups in total. The number of halogens is 3. The van der Waals surface area contributed by atoms with Gasteiger partial charge in [-0.25, -0.2) is 0 Å². The number of hydrogen-bond donors (Lipinski definition) is 0. The van der Waals surface area contributed by atoms with Crippen LogP contribution in [0.3, 0.4) is 0 Å². The molecule has 0 saturated heterocycles. The summed E-state index contributed by atoms with van der Waals surface area (Å²) in [5.74, 6) is -0.771. The van der Waals surface area contributed by atoms with Gasteiger partial charge in [0, 0.05) is 0 Å². The third-order valence-corrected chi connectivity index (χ3v) is 2.18. The minimum atomic E-state index is -4.11. The molecule has 0 aliphatic heterocycles. The Morgan fingerprint density at radius 2 is 1.79 bits per heavy atom. The van der Waals surface area contributed by atoms with Gasteiger partial charge in [-0.2, -0.15) is 13.2 Å². The third kappa shape index (κ3) is 2.00. The van der Waals surface area contributed by atoms with Crippen molar-refractivity contribution in [3.63, 3.8) is 0 Å². The maximum atomic E-state index is 12.1. The summed E-state index contributed by atoms with van der Waals surface area (Å²) in [5.41, 5.74) is 0. The number of benzene rings is 1. The summed E-state index contributed by atoms with van der Waals surface area (Å²) in [6, 6.07) is 8.58. The second kappa shape index (κ2) is 3.19. The van der Waals surface area contributed by atoms with Crippen LogP contribution in [-0.4, -0.2) is 12.3 Å². The molecule has 2 rings (SSSR count). The van der Waals surface area contributed by atoms with Crippen LogP contribution in [0.2, 0.25) is 0 Å². The summed E-state index contributed by atoms with van der Waals surface area (Å²) < 4.78 is 41.5. The van der Waals surface area contributed by atoms with E-state index in [4.69, 9.17) is 4.74 Å². The van der Waals surface area contributed by atoms with E-state index in [1.807, 2.05) is 0 Å². The molecular formula is C10H9F3O. The standard InChI is InChI=1S/C10H9F3O/c11-10(12,13)8-6-9(8)14-7-4-2-1-3-5-7/h1-5,8-9H,6H2/t8-,9-/m1/s1. The Bertz CT molecular complexity index is 307. The lowest BCUT2D eigenvalue weighted by molar-refractivity contribution is -0.153. The Balaban J connectivity index is 1.91. The number of para-hydroxylation sites is 1. The molecule has 0 spiro atoms. The largest absolute Gasteiger partial charge is 0.490 e. The maximum Gasteiger partial charge on any atom is 0.395 e. The molecule has 1 saturated carbocycles. The first-order valence-corrected chi connectivity index (χ1v) is 4.36. The third-order valence-electron chi connectivity index (χ3n) is 2.18. The van der Waals surface area contributed by atoms with Crippen LogP contribution in [0.4, 0.5) is 13.2 Å². The highest BCUT2D eigenvalue weighted by Gasteiger charge is 2.57. The average molecular weight is 202 g/mol. The van der Waals surface area contributed by atoms with Gasteiger partial charge in [0.1, 0.15) is 11.9 Å². The molecule has 76 valence electrons. The van der Waals surface area contributed by atoms with E-state index in [9.17, 15) is 13.2 Å². The summed E-state index contributed by atoms with van der Waals surface area (Å²) >= 11 is 0. The smallest absolute Gasteiger partial charge is 0.395 e. The molecule has 0 bridgehead atoms. The number of rotatable bonds is 2. The van der Waals surface area contributed by atoms with Gasteiger partial charge in [0.25, 0.3) is 0 Å². The Kier molecular flexibility index (Phi) is 2.13.